The van der Waals surface area contributed by atoms with Crippen LogP contribution < -0.4 is 0 Å². The fourth-order valence-corrected chi connectivity index (χ4v) is 3.40. The Bertz CT molecular complexity index is 1040. The highest BCUT2D eigenvalue weighted by Crippen LogP contribution is 2.28. The summed E-state index contributed by atoms with van der Waals surface area (Å²) in [5.41, 5.74) is 2.32. The fraction of sp³-hybridized carbons (Fsp3) is 0.333. The van der Waals surface area contributed by atoms with Crippen LogP contribution >= 0.6 is 0 Å². The molecule has 1 aliphatic heterocycles. The molecule has 1 aliphatic rings. The average Bonchev–Trinajstić information content (AvgIpc) is 3.29. The number of ether oxygens (including phenoxy) is 1. The maximum atomic E-state index is 12.8. The van der Waals surface area contributed by atoms with E-state index in [2.05, 4.69) is 24.8 Å². The molecule has 0 spiro atoms. The molecule has 0 bridgehead atoms. The maximum Gasteiger partial charge on any atom is 0.337 e. The van der Waals surface area contributed by atoms with E-state index in [0.717, 1.165) is 18.5 Å². The van der Waals surface area contributed by atoms with Crippen LogP contribution in [0.25, 0.3) is 11.6 Å². The van der Waals surface area contributed by atoms with Crippen molar-refractivity contribution in [1.29, 1.82) is 0 Å². The number of rotatable bonds is 4. The number of carbonyl (C=O) groups excluding carboxylic acids is 2. The summed E-state index contributed by atoms with van der Waals surface area (Å²) in [6.07, 6.45) is 4.75. The first-order chi connectivity index (χ1) is 14.5. The van der Waals surface area contributed by atoms with Crippen LogP contribution in [0.3, 0.4) is 0 Å². The number of esters is 1. The van der Waals surface area contributed by atoms with Crippen molar-refractivity contribution in [2.45, 2.75) is 25.7 Å². The van der Waals surface area contributed by atoms with Crippen molar-refractivity contribution >= 4 is 11.9 Å². The Labute approximate surface area is 173 Å². The number of nitrogens with zero attached hydrogens (tertiary/aromatic N) is 5. The van der Waals surface area contributed by atoms with E-state index < -0.39 is 5.97 Å². The van der Waals surface area contributed by atoms with Crippen molar-refractivity contribution in [3.63, 3.8) is 0 Å². The van der Waals surface area contributed by atoms with Gasteiger partial charge >= 0.3 is 5.97 Å². The molecule has 0 N–H and O–H groups in total. The van der Waals surface area contributed by atoms with Gasteiger partial charge in [-0.15, -0.1) is 0 Å². The Morgan fingerprint density at radius 1 is 1.07 bits per heavy atom. The lowest BCUT2D eigenvalue weighted by Gasteiger charge is -2.30. The van der Waals surface area contributed by atoms with E-state index in [1.807, 2.05) is 6.92 Å². The molecule has 3 aromatic rings. The summed E-state index contributed by atoms with van der Waals surface area (Å²) >= 11 is 0. The van der Waals surface area contributed by atoms with Gasteiger partial charge in [-0.1, -0.05) is 5.16 Å². The summed E-state index contributed by atoms with van der Waals surface area (Å²) < 4.78 is 10.0. The summed E-state index contributed by atoms with van der Waals surface area (Å²) in [6.45, 7) is 3.05. The number of carbonyl (C=O) groups is 2. The third-order valence-corrected chi connectivity index (χ3v) is 5.14. The minimum Gasteiger partial charge on any atom is -0.465 e. The van der Waals surface area contributed by atoms with E-state index in [4.69, 9.17) is 4.52 Å². The molecule has 1 saturated heterocycles. The molecule has 0 aliphatic carbocycles. The monoisotopic (exact) mass is 407 g/mol. The Hall–Kier alpha value is -3.62. The second-order valence-electron chi connectivity index (χ2n) is 7.14. The number of aryl methyl sites for hydroxylation is 1. The highest BCUT2D eigenvalue weighted by molar-refractivity contribution is 5.96. The van der Waals surface area contributed by atoms with Crippen molar-refractivity contribution < 1.29 is 18.8 Å². The molecule has 1 fully saturated rings. The van der Waals surface area contributed by atoms with Gasteiger partial charge in [0.15, 0.2) is 5.82 Å². The third-order valence-electron chi connectivity index (χ3n) is 5.14. The Kier molecular flexibility index (Phi) is 5.51. The number of likely N-dealkylation sites (tertiary alicyclic amines) is 1. The zero-order valence-corrected chi connectivity index (χ0v) is 16.7. The molecule has 4 rings (SSSR count). The molecule has 3 heterocycles. The molecular formula is C21H21N5O4. The van der Waals surface area contributed by atoms with Gasteiger partial charge in [0.1, 0.15) is 5.69 Å². The molecule has 0 radical (unpaired) electrons. The van der Waals surface area contributed by atoms with Crippen LogP contribution in [0, 0.1) is 6.92 Å². The highest BCUT2D eigenvalue weighted by Gasteiger charge is 2.28. The SMILES string of the molecule is COC(=O)c1ccc(C(=O)N2CCC(c3noc(-c4cnc(C)cn4)n3)CC2)cc1. The number of hydrogen-bond acceptors (Lipinski definition) is 8. The largest absolute Gasteiger partial charge is 0.465 e. The zero-order valence-electron chi connectivity index (χ0n) is 16.7. The van der Waals surface area contributed by atoms with Gasteiger partial charge < -0.3 is 14.2 Å². The van der Waals surface area contributed by atoms with Crippen LogP contribution in [0.15, 0.2) is 41.2 Å². The molecule has 154 valence electrons. The van der Waals surface area contributed by atoms with Crippen molar-refractivity contribution in [2.75, 3.05) is 20.2 Å². The van der Waals surface area contributed by atoms with Gasteiger partial charge in [-0.25, -0.2) is 9.78 Å². The van der Waals surface area contributed by atoms with Crippen molar-refractivity contribution in [3.8, 4) is 11.6 Å². The van der Waals surface area contributed by atoms with Crippen LogP contribution in [0.1, 0.15) is 51.0 Å². The molecule has 30 heavy (non-hydrogen) atoms. The second kappa shape index (κ2) is 8.40. The van der Waals surface area contributed by atoms with Gasteiger partial charge in [-0.3, -0.25) is 9.78 Å². The Balaban J connectivity index is 1.37. The predicted octanol–water partition coefficient (Wildman–Crippen LogP) is 2.64. The van der Waals surface area contributed by atoms with Gasteiger partial charge in [-0.05, 0) is 44.0 Å². The van der Waals surface area contributed by atoms with Crippen molar-refractivity contribution in [3.05, 3.63) is 59.3 Å². The summed E-state index contributed by atoms with van der Waals surface area (Å²) in [4.78, 5) is 39.0. The topological polar surface area (TPSA) is 111 Å². The quantitative estimate of drug-likeness (QED) is 0.607. The molecule has 1 amide bonds. The second-order valence-corrected chi connectivity index (χ2v) is 7.14. The van der Waals surface area contributed by atoms with E-state index in [1.165, 1.54) is 7.11 Å². The van der Waals surface area contributed by atoms with E-state index in [9.17, 15) is 9.59 Å². The first-order valence-electron chi connectivity index (χ1n) is 9.65. The third kappa shape index (κ3) is 4.05. The van der Waals surface area contributed by atoms with Crippen LogP contribution in [0.2, 0.25) is 0 Å². The summed E-state index contributed by atoms with van der Waals surface area (Å²) in [6, 6.07) is 6.49. The Morgan fingerprint density at radius 2 is 1.77 bits per heavy atom. The van der Waals surface area contributed by atoms with Gasteiger partial charge in [0.05, 0.1) is 24.6 Å². The van der Waals surface area contributed by atoms with Gasteiger partial charge in [0.2, 0.25) is 0 Å². The first kappa shape index (κ1) is 19.7. The lowest BCUT2D eigenvalue weighted by molar-refractivity contribution is 0.0599. The van der Waals surface area contributed by atoms with E-state index in [1.54, 1.807) is 41.6 Å². The summed E-state index contributed by atoms with van der Waals surface area (Å²) in [5.74, 6) is 0.606. The lowest BCUT2D eigenvalue weighted by atomic mass is 9.95. The van der Waals surface area contributed by atoms with Crippen LogP contribution in [-0.4, -0.2) is 57.1 Å². The van der Waals surface area contributed by atoms with Crippen LogP contribution in [0.5, 0.6) is 0 Å². The molecule has 1 aromatic carbocycles. The number of benzene rings is 1. The van der Waals surface area contributed by atoms with Gasteiger partial charge in [-0.2, -0.15) is 4.98 Å². The number of methoxy groups -OCH3 is 1. The minimum atomic E-state index is -0.425. The highest BCUT2D eigenvalue weighted by atomic mass is 16.5. The van der Waals surface area contributed by atoms with Crippen molar-refractivity contribution in [2.24, 2.45) is 0 Å². The van der Waals surface area contributed by atoms with Crippen LogP contribution in [0.4, 0.5) is 0 Å². The number of piperidine rings is 1. The fourth-order valence-electron chi connectivity index (χ4n) is 3.40. The van der Waals surface area contributed by atoms with E-state index in [-0.39, 0.29) is 11.8 Å². The minimum absolute atomic E-state index is 0.0615. The number of hydrogen-bond donors (Lipinski definition) is 0. The molecule has 9 nitrogen and oxygen atoms in total. The maximum absolute atomic E-state index is 12.8. The summed E-state index contributed by atoms with van der Waals surface area (Å²) in [7, 11) is 1.33. The van der Waals surface area contributed by atoms with Crippen molar-refractivity contribution in [1.82, 2.24) is 25.0 Å². The van der Waals surface area contributed by atoms with Gasteiger partial charge in [0.25, 0.3) is 11.8 Å². The first-order valence-corrected chi connectivity index (χ1v) is 9.65. The zero-order chi connectivity index (χ0) is 21.1. The van der Waals surface area contributed by atoms with Gasteiger partial charge in [0, 0.05) is 30.8 Å². The normalized spacial score (nSPS) is 14.5. The molecule has 0 atom stereocenters. The van der Waals surface area contributed by atoms with E-state index >= 15 is 0 Å². The molecule has 2 aromatic heterocycles. The van der Waals surface area contributed by atoms with Crippen LogP contribution in [-0.2, 0) is 4.74 Å². The van der Waals surface area contributed by atoms with E-state index in [0.29, 0.717) is 41.6 Å². The number of amides is 1. The molecular weight excluding hydrogens is 386 g/mol. The Morgan fingerprint density at radius 3 is 2.40 bits per heavy atom. The lowest BCUT2D eigenvalue weighted by Crippen LogP contribution is -2.38. The predicted molar refractivity (Wildman–Crippen MR) is 106 cm³/mol. The molecule has 9 heteroatoms. The average molecular weight is 407 g/mol. The smallest absolute Gasteiger partial charge is 0.337 e. The number of aromatic nitrogens is 4. The summed E-state index contributed by atoms with van der Waals surface area (Å²) in [5, 5.41) is 4.10. The molecule has 0 unspecified atom stereocenters. The molecule has 0 saturated carbocycles. The standard InChI is InChI=1S/C21H21N5O4/c1-13-11-23-17(12-22-13)19-24-18(25-30-19)14-7-9-26(10-8-14)20(27)15-3-5-16(6-4-15)21(28)29-2/h3-6,11-12,14H,7-10H2,1-2H3.